The minimum atomic E-state index is -6.47. The Morgan fingerprint density at radius 1 is 0.744 bits per heavy atom. The number of rotatable bonds is 11. The first-order valence-electron chi connectivity index (χ1n) is 10.6. The van der Waals surface area contributed by atoms with E-state index in [0.717, 1.165) is 6.92 Å². The Morgan fingerprint density at radius 2 is 1.13 bits per heavy atom. The van der Waals surface area contributed by atoms with E-state index in [1.807, 2.05) is 0 Å². The fraction of sp³-hybridized carbons (Fsp3) is 0.714. The Balaban J connectivity index is 6.07. The normalized spacial score (nSPS) is 16.2. The first-order chi connectivity index (χ1) is 17.1. The van der Waals surface area contributed by atoms with E-state index in [2.05, 4.69) is 22.6 Å². The monoisotopic (exact) mass is 600 g/mol. The fourth-order valence-electron chi connectivity index (χ4n) is 3.17. The second-order valence-corrected chi connectivity index (χ2v) is 8.55. The molecule has 0 saturated heterocycles. The van der Waals surface area contributed by atoms with E-state index in [4.69, 9.17) is 0 Å². The van der Waals surface area contributed by atoms with Gasteiger partial charge in [-0.1, -0.05) is 27.0 Å². The summed E-state index contributed by atoms with van der Waals surface area (Å²) in [6, 6.07) is 0. The van der Waals surface area contributed by atoms with Crippen LogP contribution in [-0.2, 0) is 19.1 Å². The molecule has 0 radical (unpaired) electrons. The molecule has 0 heterocycles. The van der Waals surface area contributed by atoms with Crippen molar-refractivity contribution in [3.8, 4) is 0 Å². The molecule has 6 nitrogen and oxygen atoms in total. The smallest absolute Gasteiger partial charge is 0.430 e. The average Bonchev–Trinajstić information content (AvgIpc) is 2.74. The molecule has 0 fully saturated rings. The molecule has 228 valence electrons. The number of halogens is 12. The van der Waals surface area contributed by atoms with E-state index in [1.165, 1.54) is 0 Å². The van der Waals surface area contributed by atoms with Gasteiger partial charge in [0.15, 0.2) is 6.10 Å². The van der Waals surface area contributed by atoms with Gasteiger partial charge in [-0.15, -0.1) is 0 Å². The highest BCUT2D eigenvalue weighted by atomic mass is 19.4. The zero-order valence-corrected chi connectivity index (χ0v) is 20.3. The van der Waals surface area contributed by atoms with Gasteiger partial charge in [0.2, 0.25) is 0 Å². The zero-order chi connectivity index (χ0) is 31.6. The van der Waals surface area contributed by atoms with Gasteiger partial charge >= 0.3 is 36.6 Å². The summed E-state index contributed by atoms with van der Waals surface area (Å²) in [5.74, 6) is -5.89. The summed E-state index contributed by atoms with van der Waals surface area (Å²) in [6.07, 6.45) is -35.7. The van der Waals surface area contributed by atoms with Gasteiger partial charge in [-0.3, -0.25) is 0 Å². The maximum atomic E-state index is 13.4. The maximum Gasteiger partial charge on any atom is 0.430 e. The number of carbonyl (C=O) groups is 2. The van der Waals surface area contributed by atoms with Crippen LogP contribution in [0.4, 0.5) is 52.7 Å². The lowest BCUT2D eigenvalue weighted by Crippen LogP contribution is -2.66. The van der Waals surface area contributed by atoms with E-state index < -0.39 is 96.4 Å². The van der Waals surface area contributed by atoms with Crippen molar-refractivity contribution >= 4 is 11.9 Å². The van der Waals surface area contributed by atoms with E-state index in [9.17, 15) is 72.5 Å². The van der Waals surface area contributed by atoms with Crippen LogP contribution in [0.15, 0.2) is 24.3 Å². The number of ether oxygens (including phenoxy) is 2. The highest BCUT2D eigenvalue weighted by molar-refractivity contribution is 5.88. The molecule has 0 aliphatic carbocycles. The molecule has 0 rings (SSSR count). The number of hydrogen-bond acceptors (Lipinski definition) is 6. The van der Waals surface area contributed by atoms with Crippen LogP contribution < -0.4 is 0 Å². The molecule has 0 saturated carbocycles. The Bertz CT molecular complexity index is 888. The molecular formula is C21H24F12O6. The van der Waals surface area contributed by atoms with Crippen molar-refractivity contribution in [1.82, 2.24) is 0 Å². The van der Waals surface area contributed by atoms with E-state index in [1.54, 1.807) is 0 Å². The van der Waals surface area contributed by atoms with Gasteiger partial charge in [0.25, 0.3) is 11.2 Å². The number of carbonyl (C=O) groups excluding carboxylic acids is 2. The van der Waals surface area contributed by atoms with Gasteiger partial charge in [0.1, 0.15) is 6.10 Å². The van der Waals surface area contributed by atoms with Gasteiger partial charge in [0.05, 0.1) is 0 Å². The van der Waals surface area contributed by atoms with E-state index in [-0.39, 0.29) is 0 Å². The first kappa shape index (κ1) is 36.5. The molecule has 0 amide bonds. The predicted molar refractivity (Wildman–Crippen MR) is 107 cm³/mol. The molecular weight excluding hydrogens is 576 g/mol. The maximum absolute atomic E-state index is 13.4. The van der Waals surface area contributed by atoms with Gasteiger partial charge in [-0.05, 0) is 32.1 Å². The molecule has 18 heteroatoms. The average molecular weight is 600 g/mol. The molecule has 0 bridgehead atoms. The van der Waals surface area contributed by atoms with Crippen molar-refractivity contribution in [3.63, 3.8) is 0 Å². The lowest BCUT2D eigenvalue weighted by molar-refractivity contribution is -0.395. The Morgan fingerprint density at radius 3 is 1.44 bits per heavy atom. The van der Waals surface area contributed by atoms with Crippen LogP contribution >= 0.6 is 0 Å². The largest absolute Gasteiger partial charge is 0.455 e. The van der Waals surface area contributed by atoms with Crippen molar-refractivity contribution in [2.45, 2.75) is 88.1 Å². The molecule has 0 aromatic rings. The summed E-state index contributed by atoms with van der Waals surface area (Å²) in [5.41, 5.74) is -12.9. The molecule has 39 heavy (non-hydrogen) atoms. The second kappa shape index (κ2) is 11.9. The molecule has 0 aromatic heterocycles. The van der Waals surface area contributed by atoms with Crippen molar-refractivity contribution in [1.29, 1.82) is 0 Å². The molecule has 0 aliphatic rings. The first-order valence-corrected chi connectivity index (χ1v) is 10.6. The molecule has 0 spiro atoms. The van der Waals surface area contributed by atoms with Crippen molar-refractivity contribution in [2.75, 3.05) is 0 Å². The van der Waals surface area contributed by atoms with E-state index >= 15 is 0 Å². The number of hydrogen-bond donors (Lipinski definition) is 2. The Labute approximate surface area is 213 Å². The second-order valence-electron chi connectivity index (χ2n) is 8.55. The Hall–Kier alpha value is -2.50. The van der Waals surface area contributed by atoms with Crippen LogP contribution in [-0.4, -0.2) is 70.3 Å². The van der Waals surface area contributed by atoms with Crippen molar-refractivity contribution in [3.05, 3.63) is 24.3 Å². The summed E-state index contributed by atoms with van der Waals surface area (Å²) in [4.78, 5) is 23.9. The van der Waals surface area contributed by atoms with E-state index in [0.29, 0.717) is 13.8 Å². The summed E-state index contributed by atoms with van der Waals surface area (Å²) in [5, 5.41) is 19.1. The zero-order valence-electron chi connectivity index (χ0n) is 20.3. The minimum absolute atomic E-state index is 0.609. The molecule has 0 aliphatic heterocycles. The Kier molecular flexibility index (Phi) is 11.2. The molecule has 0 aromatic carbocycles. The third-order valence-electron chi connectivity index (χ3n) is 5.52. The van der Waals surface area contributed by atoms with Crippen LogP contribution in [0.1, 0.15) is 40.0 Å². The van der Waals surface area contributed by atoms with Crippen LogP contribution in [0.2, 0.25) is 0 Å². The molecule has 3 atom stereocenters. The van der Waals surface area contributed by atoms with Crippen LogP contribution in [0.3, 0.4) is 0 Å². The summed E-state index contributed by atoms with van der Waals surface area (Å²) >= 11 is 0. The van der Waals surface area contributed by atoms with Crippen LogP contribution in [0.5, 0.6) is 0 Å². The highest BCUT2D eigenvalue weighted by Crippen LogP contribution is 2.49. The van der Waals surface area contributed by atoms with Gasteiger partial charge in [0, 0.05) is 11.1 Å². The fourth-order valence-corrected chi connectivity index (χ4v) is 3.17. The highest BCUT2D eigenvalue weighted by Gasteiger charge is 2.76. The topological polar surface area (TPSA) is 93.1 Å². The predicted octanol–water partition coefficient (Wildman–Crippen LogP) is 5.48. The molecule has 2 N–H and O–H groups in total. The van der Waals surface area contributed by atoms with Gasteiger partial charge < -0.3 is 19.7 Å². The van der Waals surface area contributed by atoms with Crippen molar-refractivity contribution < 1.29 is 82.0 Å². The minimum Gasteiger partial charge on any atom is -0.455 e. The number of esters is 2. The van der Waals surface area contributed by atoms with Gasteiger partial charge in [-0.2, -0.15) is 52.7 Å². The van der Waals surface area contributed by atoms with Gasteiger partial charge in [-0.25, -0.2) is 9.59 Å². The third-order valence-corrected chi connectivity index (χ3v) is 5.52. The van der Waals surface area contributed by atoms with Crippen LogP contribution in [0.25, 0.3) is 0 Å². The lowest BCUT2D eigenvalue weighted by Gasteiger charge is -2.40. The molecule has 3 unspecified atom stereocenters. The lowest BCUT2D eigenvalue weighted by atomic mass is 9.83. The number of alkyl halides is 12. The third kappa shape index (κ3) is 7.58. The van der Waals surface area contributed by atoms with Crippen LogP contribution in [0, 0.1) is 5.92 Å². The quantitative estimate of drug-likeness (QED) is 0.186. The van der Waals surface area contributed by atoms with Crippen molar-refractivity contribution in [2.24, 2.45) is 5.92 Å². The summed E-state index contributed by atoms with van der Waals surface area (Å²) in [6.45, 7) is 8.12. The number of aliphatic hydroxyl groups is 2. The SMILES string of the molecule is C=C(C)C(=O)OC(C(C)CCC(=C)C(=O)OC(CC)C(O)(C(F)(F)F)C(F)(F)F)C(O)(C(F)(F)F)C(F)(F)F. The summed E-state index contributed by atoms with van der Waals surface area (Å²) in [7, 11) is 0. The summed E-state index contributed by atoms with van der Waals surface area (Å²) < 4.78 is 167. The standard InChI is InChI=1S/C21H24F12O6/c1-6-12(16(36,18(22,23)24)19(25,26)27)38-15(35)11(5)8-7-10(4)13(39-14(34)9(2)3)17(37,20(28,29)30)21(31,32)33/h10,12-13,36-37H,2,5-8H2,1,3-4H3.